The molecule has 0 aliphatic rings. The molecule has 0 bridgehead atoms. The van der Waals surface area contributed by atoms with E-state index < -0.39 is 0 Å². The van der Waals surface area contributed by atoms with Crippen LogP contribution >= 0.6 is 22.9 Å². The minimum atomic E-state index is -0.293. The number of ether oxygens (including phenoxy) is 1. The van der Waals surface area contributed by atoms with E-state index in [-0.39, 0.29) is 5.91 Å². The molecule has 2 aromatic carbocycles. The van der Waals surface area contributed by atoms with Crippen LogP contribution < -0.4 is 10.1 Å². The first-order valence-corrected chi connectivity index (χ1v) is 9.31. The second-order valence-corrected chi connectivity index (χ2v) is 7.09. The third-order valence-electron chi connectivity index (χ3n) is 4.02. The summed E-state index contributed by atoms with van der Waals surface area (Å²) in [6, 6.07) is 17.1. The maximum atomic E-state index is 12.5. The molecule has 1 N–H and O–H groups in total. The summed E-state index contributed by atoms with van der Waals surface area (Å²) < 4.78 is 6.39. The molecule has 134 valence electrons. The number of nitrogens with one attached hydrogen (secondary N) is 1. The van der Waals surface area contributed by atoms with E-state index in [2.05, 4.69) is 15.3 Å². The third-order valence-corrected chi connectivity index (χ3v) is 5.25. The highest BCUT2D eigenvalue weighted by molar-refractivity contribution is 7.23. The summed E-state index contributed by atoms with van der Waals surface area (Å²) in [5.41, 5.74) is 3.24. The van der Waals surface area contributed by atoms with Crippen LogP contribution in [0, 0.1) is 0 Å². The van der Waals surface area contributed by atoms with Crippen molar-refractivity contribution in [2.45, 2.75) is 0 Å². The second-order valence-electron chi connectivity index (χ2n) is 5.70. The zero-order chi connectivity index (χ0) is 18.8. The monoisotopic (exact) mass is 395 g/mol. The molecule has 4 rings (SSSR count). The fraction of sp³-hybridized carbons (Fsp3) is 0.0500. The van der Waals surface area contributed by atoms with Gasteiger partial charge >= 0.3 is 0 Å². The van der Waals surface area contributed by atoms with Crippen LogP contribution in [-0.4, -0.2) is 23.0 Å². The molecule has 0 fully saturated rings. The van der Waals surface area contributed by atoms with E-state index in [1.807, 2.05) is 42.5 Å². The fourth-order valence-corrected chi connectivity index (χ4v) is 3.85. The Morgan fingerprint density at radius 3 is 2.63 bits per heavy atom. The van der Waals surface area contributed by atoms with Crippen LogP contribution in [0.5, 0.6) is 5.75 Å². The van der Waals surface area contributed by atoms with E-state index in [4.69, 9.17) is 16.3 Å². The molecule has 0 unspecified atom stereocenters. The lowest BCUT2D eigenvalue weighted by Gasteiger charge is -2.05. The minimum absolute atomic E-state index is 0.293. The molecule has 2 aromatic heterocycles. The van der Waals surface area contributed by atoms with Gasteiger partial charge in [0.1, 0.15) is 16.4 Å². The Hall–Kier alpha value is -2.96. The SMILES string of the molecule is COc1ccc(-c2ccccc2)c2sc(NC(=O)c3ccc(Cl)nc3)nc12. The average Bonchev–Trinajstić information content (AvgIpc) is 3.11. The number of carbonyl (C=O) groups excluding carboxylic acids is 1. The third kappa shape index (κ3) is 3.49. The number of fused-ring (bicyclic) bond motifs is 1. The standard InChI is InChI=1S/C20H14ClN3O2S/c1-26-15-9-8-14(12-5-3-2-4-6-12)18-17(15)23-20(27-18)24-19(25)13-7-10-16(21)22-11-13/h2-11H,1H3,(H,23,24,25). The van der Waals surface area contributed by atoms with Crippen LogP contribution in [-0.2, 0) is 0 Å². The van der Waals surface area contributed by atoms with Crippen LogP contribution in [0.4, 0.5) is 5.13 Å². The Morgan fingerprint density at radius 2 is 1.93 bits per heavy atom. The molecule has 0 atom stereocenters. The molecule has 1 amide bonds. The molecule has 0 radical (unpaired) electrons. The minimum Gasteiger partial charge on any atom is -0.494 e. The molecule has 7 heteroatoms. The molecule has 4 aromatic rings. The maximum absolute atomic E-state index is 12.5. The smallest absolute Gasteiger partial charge is 0.259 e. The summed E-state index contributed by atoms with van der Waals surface area (Å²) in [6.07, 6.45) is 1.43. The van der Waals surface area contributed by atoms with Gasteiger partial charge in [-0.1, -0.05) is 53.3 Å². The number of halogens is 1. The van der Waals surface area contributed by atoms with Gasteiger partial charge in [0, 0.05) is 11.8 Å². The van der Waals surface area contributed by atoms with Gasteiger partial charge in [0.05, 0.1) is 17.4 Å². The van der Waals surface area contributed by atoms with Gasteiger partial charge in [-0.05, 0) is 29.8 Å². The van der Waals surface area contributed by atoms with Crippen molar-refractivity contribution in [3.8, 4) is 16.9 Å². The molecule has 0 aliphatic heterocycles. The van der Waals surface area contributed by atoms with E-state index in [9.17, 15) is 4.79 Å². The largest absolute Gasteiger partial charge is 0.494 e. The molecule has 5 nitrogen and oxygen atoms in total. The van der Waals surface area contributed by atoms with E-state index >= 15 is 0 Å². The van der Waals surface area contributed by atoms with Gasteiger partial charge in [0.25, 0.3) is 5.91 Å². The highest BCUT2D eigenvalue weighted by atomic mass is 35.5. The molecule has 0 spiro atoms. The van der Waals surface area contributed by atoms with E-state index in [0.29, 0.717) is 27.1 Å². The highest BCUT2D eigenvalue weighted by Gasteiger charge is 2.16. The first kappa shape index (κ1) is 17.5. The first-order valence-electron chi connectivity index (χ1n) is 8.11. The van der Waals surface area contributed by atoms with Gasteiger partial charge in [-0.3, -0.25) is 10.1 Å². The Balaban J connectivity index is 1.74. The van der Waals surface area contributed by atoms with Gasteiger partial charge in [0.2, 0.25) is 0 Å². The quantitative estimate of drug-likeness (QED) is 0.478. The number of hydrogen-bond acceptors (Lipinski definition) is 5. The fourth-order valence-electron chi connectivity index (χ4n) is 2.73. The van der Waals surface area contributed by atoms with E-state index in [1.54, 1.807) is 19.2 Å². The van der Waals surface area contributed by atoms with Crippen LogP contribution in [0.15, 0.2) is 60.8 Å². The van der Waals surface area contributed by atoms with Crippen molar-refractivity contribution in [1.29, 1.82) is 0 Å². The van der Waals surface area contributed by atoms with Gasteiger partial charge < -0.3 is 4.74 Å². The van der Waals surface area contributed by atoms with Crippen LogP contribution in [0.25, 0.3) is 21.3 Å². The molecule has 0 saturated heterocycles. The van der Waals surface area contributed by atoms with Crippen molar-refractivity contribution >= 4 is 44.2 Å². The maximum Gasteiger partial charge on any atom is 0.259 e. The highest BCUT2D eigenvalue weighted by Crippen LogP contribution is 2.39. The summed E-state index contributed by atoms with van der Waals surface area (Å²) >= 11 is 7.18. The Morgan fingerprint density at radius 1 is 1.11 bits per heavy atom. The van der Waals surface area contributed by atoms with Gasteiger partial charge in [-0.2, -0.15) is 0 Å². The number of carbonyl (C=O) groups is 1. The molecule has 0 saturated carbocycles. The molecule has 2 heterocycles. The second kappa shape index (κ2) is 7.34. The van der Waals surface area contributed by atoms with Crippen molar-refractivity contribution in [3.63, 3.8) is 0 Å². The number of rotatable bonds is 4. The summed E-state index contributed by atoms with van der Waals surface area (Å²) in [5.74, 6) is 0.369. The summed E-state index contributed by atoms with van der Waals surface area (Å²) in [4.78, 5) is 21.0. The van der Waals surface area contributed by atoms with Crippen LogP contribution in [0.3, 0.4) is 0 Å². The molecule has 0 aliphatic carbocycles. The Labute approximate surface area is 164 Å². The number of aromatic nitrogens is 2. The predicted molar refractivity (Wildman–Crippen MR) is 109 cm³/mol. The van der Waals surface area contributed by atoms with Crippen molar-refractivity contribution < 1.29 is 9.53 Å². The number of amides is 1. The number of nitrogens with zero attached hydrogens (tertiary/aromatic N) is 2. The average molecular weight is 396 g/mol. The number of pyridine rings is 1. The van der Waals surface area contributed by atoms with Gasteiger partial charge in [0.15, 0.2) is 5.13 Å². The number of anilines is 1. The van der Waals surface area contributed by atoms with Crippen LogP contribution in [0.1, 0.15) is 10.4 Å². The summed E-state index contributed by atoms with van der Waals surface area (Å²) in [6.45, 7) is 0. The van der Waals surface area contributed by atoms with Gasteiger partial charge in [-0.15, -0.1) is 0 Å². The summed E-state index contributed by atoms with van der Waals surface area (Å²) in [7, 11) is 1.61. The predicted octanol–water partition coefficient (Wildman–Crippen LogP) is 5.27. The molecular formula is C20H14ClN3O2S. The first-order chi connectivity index (χ1) is 13.2. The zero-order valence-corrected chi connectivity index (χ0v) is 15.8. The number of methoxy groups -OCH3 is 1. The molecule has 27 heavy (non-hydrogen) atoms. The zero-order valence-electron chi connectivity index (χ0n) is 14.3. The van der Waals surface area contributed by atoms with Gasteiger partial charge in [-0.25, -0.2) is 9.97 Å². The lowest BCUT2D eigenvalue weighted by molar-refractivity contribution is 0.102. The lowest BCUT2D eigenvalue weighted by atomic mass is 10.1. The van der Waals surface area contributed by atoms with Crippen molar-refractivity contribution in [1.82, 2.24) is 9.97 Å². The van der Waals surface area contributed by atoms with Crippen molar-refractivity contribution in [2.24, 2.45) is 0 Å². The Kier molecular flexibility index (Phi) is 4.75. The normalized spacial score (nSPS) is 10.7. The number of benzene rings is 2. The van der Waals surface area contributed by atoms with E-state index in [0.717, 1.165) is 15.8 Å². The molecular weight excluding hydrogens is 382 g/mol. The lowest BCUT2D eigenvalue weighted by Crippen LogP contribution is -2.11. The Bertz CT molecular complexity index is 1110. The van der Waals surface area contributed by atoms with E-state index in [1.165, 1.54) is 17.5 Å². The summed E-state index contributed by atoms with van der Waals surface area (Å²) in [5, 5.41) is 3.66. The number of hydrogen-bond donors (Lipinski definition) is 1. The van der Waals surface area contributed by atoms with Crippen molar-refractivity contribution in [2.75, 3.05) is 12.4 Å². The number of thiazole rings is 1. The topological polar surface area (TPSA) is 64.1 Å². The van der Waals surface area contributed by atoms with Crippen LogP contribution in [0.2, 0.25) is 5.15 Å². The van der Waals surface area contributed by atoms with Crippen molar-refractivity contribution in [3.05, 3.63) is 71.5 Å².